The molecule has 1 N–H and O–H groups in total. The Morgan fingerprint density at radius 2 is 1.83 bits per heavy atom. The fourth-order valence-corrected chi connectivity index (χ4v) is 2.48. The number of amides is 1. The molecule has 0 unspecified atom stereocenters. The number of aromatic nitrogens is 1. The highest BCUT2D eigenvalue weighted by atomic mass is 32.1. The van der Waals surface area contributed by atoms with Gasteiger partial charge in [-0.1, -0.05) is 48.0 Å². The van der Waals surface area contributed by atoms with E-state index in [2.05, 4.69) is 4.98 Å². The van der Waals surface area contributed by atoms with Crippen molar-refractivity contribution < 1.29 is 19.5 Å². The number of ketones is 1. The minimum Gasteiger partial charge on any atom is -0.476 e. The van der Waals surface area contributed by atoms with Crippen molar-refractivity contribution in [3.63, 3.8) is 0 Å². The van der Waals surface area contributed by atoms with Crippen LogP contribution in [0.15, 0.2) is 5.38 Å². The van der Waals surface area contributed by atoms with E-state index >= 15 is 0 Å². The zero-order chi connectivity index (χ0) is 18.9. The molecule has 0 aromatic carbocycles. The number of hydrogen-bond donors (Lipinski definition) is 1. The molecule has 0 aliphatic heterocycles. The molecule has 0 spiro atoms. The number of unbranched alkanes of at least 4 members (excludes halogenated alkanes) is 1. The Bertz CT molecular complexity index is 567. The lowest BCUT2D eigenvalue weighted by molar-refractivity contribution is -0.141. The van der Waals surface area contributed by atoms with Crippen molar-refractivity contribution in [1.82, 2.24) is 4.98 Å². The van der Waals surface area contributed by atoms with E-state index in [1.54, 1.807) is 13.8 Å². The zero-order valence-corrected chi connectivity index (χ0v) is 16.2. The molecule has 0 atom stereocenters. The quantitative estimate of drug-likeness (QED) is 0.711. The Balaban J connectivity index is 0.00000254. The van der Waals surface area contributed by atoms with Crippen molar-refractivity contribution in [2.45, 2.75) is 60.8 Å². The second-order valence-electron chi connectivity index (χ2n) is 5.70. The Morgan fingerprint density at radius 3 is 2.25 bits per heavy atom. The molecule has 1 aromatic heterocycles. The summed E-state index contributed by atoms with van der Waals surface area (Å²) in [6.07, 6.45) is 2.12. The summed E-state index contributed by atoms with van der Waals surface area (Å²) in [6, 6.07) is 0. The maximum atomic E-state index is 12.5. The van der Waals surface area contributed by atoms with E-state index in [0.717, 1.165) is 17.8 Å². The Hall–Kier alpha value is -1.76. The Kier molecular flexibility index (Phi) is 9.43. The number of carboxylic acid groups (broad SMARTS) is 1. The summed E-state index contributed by atoms with van der Waals surface area (Å²) >= 11 is 1.06. The SMILES string of the molecule is CC.CCCCN(C(=O)C(=O)C(C)(C)CC)c1nc(C(=O)O)cs1. The summed E-state index contributed by atoms with van der Waals surface area (Å²) < 4.78 is 0. The minimum atomic E-state index is -1.15. The normalized spacial score (nSPS) is 10.6. The molecular formula is C17H28N2O4S. The van der Waals surface area contributed by atoms with Crippen LogP contribution in [0.1, 0.15) is 71.3 Å². The maximum Gasteiger partial charge on any atom is 0.355 e. The lowest BCUT2D eigenvalue weighted by Gasteiger charge is -2.25. The number of nitrogens with zero attached hydrogens (tertiary/aromatic N) is 2. The molecule has 0 saturated carbocycles. The molecule has 136 valence electrons. The monoisotopic (exact) mass is 356 g/mol. The van der Waals surface area contributed by atoms with Crippen LogP contribution in [0.25, 0.3) is 0 Å². The summed E-state index contributed by atoms with van der Waals surface area (Å²) in [7, 11) is 0. The van der Waals surface area contributed by atoms with E-state index in [4.69, 9.17) is 5.11 Å². The number of hydrogen-bond acceptors (Lipinski definition) is 5. The van der Waals surface area contributed by atoms with Gasteiger partial charge in [-0.05, 0) is 12.8 Å². The molecule has 0 aliphatic carbocycles. The Labute approximate surface area is 147 Å². The molecule has 6 nitrogen and oxygen atoms in total. The first-order valence-electron chi connectivity index (χ1n) is 8.29. The molecule has 0 aliphatic rings. The van der Waals surface area contributed by atoms with E-state index in [1.807, 2.05) is 27.7 Å². The number of carboxylic acids is 1. The smallest absolute Gasteiger partial charge is 0.355 e. The van der Waals surface area contributed by atoms with E-state index in [9.17, 15) is 14.4 Å². The van der Waals surface area contributed by atoms with E-state index in [-0.39, 0.29) is 10.8 Å². The van der Waals surface area contributed by atoms with Gasteiger partial charge >= 0.3 is 5.97 Å². The number of aromatic carboxylic acids is 1. The van der Waals surface area contributed by atoms with Gasteiger partial charge in [0, 0.05) is 17.3 Å². The van der Waals surface area contributed by atoms with Crippen LogP contribution in [0.2, 0.25) is 0 Å². The van der Waals surface area contributed by atoms with E-state index < -0.39 is 23.1 Å². The van der Waals surface area contributed by atoms with Crippen molar-refractivity contribution in [2.24, 2.45) is 5.41 Å². The number of rotatable bonds is 8. The molecule has 1 aromatic rings. The lowest BCUT2D eigenvalue weighted by atomic mass is 9.84. The molecule has 0 fully saturated rings. The van der Waals surface area contributed by atoms with E-state index in [0.29, 0.717) is 19.4 Å². The van der Waals surface area contributed by atoms with Gasteiger partial charge in [-0.3, -0.25) is 14.5 Å². The van der Waals surface area contributed by atoms with Gasteiger partial charge in [0.15, 0.2) is 10.8 Å². The van der Waals surface area contributed by atoms with Crippen LogP contribution in [0.3, 0.4) is 0 Å². The number of anilines is 1. The van der Waals surface area contributed by atoms with Crippen molar-refractivity contribution in [3.8, 4) is 0 Å². The summed E-state index contributed by atoms with van der Waals surface area (Å²) in [5.41, 5.74) is -0.856. The lowest BCUT2D eigenvalue weighted by Crippen LogP contribution is -2.43. The van der Waals surface area contributed by atoms with Crippen LogP contribution in [0.4, 0.5) is 5.13 Å². The van der Waals surface area contributed by atoms with Crippen LogP contribution >= 0.6 is 11.3 Å². The molecule has 7 heteroatoms. The number of thiazole rings is 1. The van der Waals surface area contributed by atoms with Crippen LogP contribution in [0.5, 0.6) is 0 Å². The fourth-order valence-electron chi connectivity index (χ4n) is 1.66. The first-order chi connectivity index (χ1) is 11.2. The van der Waals surface area contributed by atoms with Crippen molar-refractivity contribution in [2.75, 3.05) is 11.4 Å². The standard InChI is InChI=1S/C15H22N2O4S.C2H6/c1-5-7-8-17(12(19)11(18)15(3,4)6-2)14-16-10(9-22-14)13(20)21;1-2/h9H,5-8H2,1-4H3,(H,20,21);1-2H3. The molecule has 24 heavy (non-hydrogen) atoms. The molecule has 0 bridgehead atoms. The second kappa shape index (κ2) is 10.2. The molecule has 1 amide bonds. The topological polar surface area (TPSA) is 87.6 Å². The predicted molar refractivity (Wildman–Crippen MR) is 96.8 cm³/mol. The molecule has 0 radical (unpaired) electrons. The minimum absolute atomic E-state index is 0.114. The summed E-state index contributed by atoms with van der Waals surface area (Å²) in [5, 5.41) is 10.6. The summed E-state index contributed by atoms with van der Waals surface area (Å²) in [6.45, 7) is 11.7. The van der Waals surface area contributed by atoms with Crippen LogP contribution < -0.4 is 4.90 Å². The van der Waals surface area contributed by atoms with Gasteiger partial charge in [0.25, 0.3) is 5.91 Å². The van der Waals surface area contributed by atoms with Crippen LogP contribution in [-0.4, -0.2) is 34.3 Å². The van der Waals surface area contributed by atoms with Crippen molar-refractivity contribution >= 4 is 34.1 Å². The predicted octanol–water partition coefficient (Wildman–Crippen LogP) is 4.01. The third-order valence-electron chi connectivity index (χ3n) is 3.62. The first-order valence-corrected chi connectivity index (χ1v) is 9.17. The van der Waals surface area contributed by atoms with E-state index in [1.165, 1.54) is 10.3 Å². The highest BCUT2D eigenvalue weighted by Gasteiger charge is 2.35. The van der Waals surface area contributed by atoms with Crippen LogP contribution in [0, 0.1) is 5.41 Å². The van der Waals surface area contributed by atoms with Gasteiger partial charge in [0.2, 0.25) is 5.78 Å². The third-order valence-corrected chi connectivity index (χ3v) is 4.48. The zero-order valence-electron chi connectivity index (χ0n) is 15.4. The van der Waals surface area contributed by atoms with Crippen LogP contribution in [-0.2, 0) is 9.59 Å². The maximum absolute atomic E-state index is 12.5. The number of Topliss-reactive ketones (excluding diaryl/α,β-unsaturated/α-hetero) is 1. The summed E-state index contributed by atoms with van der Waals surface area (Å²) in [5.74, 6) is -2.24. The average molecular weight is 356 g/mol. The van der Waals surface area contributed by atoms with Crippen molar-refractivity contribution in [1.29, 1.82) is 0 Å². The second-order valence-corrected chi connectivity index (χ2v) is 6.53. The molecule has 1 rings (SSSR count). The average Bonchev–Trinajstić information content (AvgIpc) is 3.06. The summed E-state index contributed by atoms with van der Waals surface area (Å²) in [4.78, 5) is 41.1. The largest absolute Gasteiger partial charge is 0.476 e. The van der Waals surface area contributed by atoms with Gasteiger partial charge < -0.3 is 5.11 Å². The molecule has 1 heterocycles. The van der Waals surface area contributed by atoms with Gasteiger partial charge in [-0.25, -0.2) is 9.78 Å². The highest BCUT2D eigenvalue weighted by Crippen LogP contribution is 2.26. The van der Waals surface area contributed by atoms with Gasteiger partial charge in [-0.2, -0.15) is 0 Å². The van der Waals surface area contributed by atoms with Crippen molar-refractivity contribution in [3.05, 3.63) is 11.1 Å². The molecule has 0 saturated heterocycles. The highest BCUT2D eigenvalue weighted by molar-refractivity contribution is 7.14. The molecular weight excluding hydrogens is 328 g/mol. The Morgan fingerprint density at radius 1 is 1.25 bits per heavy atom. The van der Waals surface area contributed by atoms with Gasteiger partial charge in [0.1, 0.15) is 0 Å². The number of carbonyl (C=O) groups excluding carboxylic acids is 2. The third kappa shape index (κ3) is 5.70. The number of carbonyl (C=O) groups is 3. The van der Waals surface area contributed by atoms with Gasteiger partial charge in [0.05, 0.1) is 0 Å². The fraction of sp³-hybridized carbons (Fsp3) is 0.647. The van der Waals surface area contributed by atoms with Gasteiger partial charge in [-0.15, -0.1) is 11.3 Å². The first kappa shape index (κ1) is 22.2.